The summed E-state index contributed by atoms with van der Waals surface area (Å²) in [5.41, 5.74) is 0.766. The van der Waals surface area contributed by atoms with Crippen LogP contribution >= 0.6 is 0 Å². The van der Waals surface area contributed by atoms with Crippen LogP contribution in [0.2, 0.25) is 0 Å². The first kappa shape index (κ1) is 15.9. The Kier molecular flexibility index (Phi) is 4.71. The van der Waals surface area contributed by atoms with Crippen molar-refractivity contribution >= 4 is 11.7 Å². The fraction of sp³-hybridized carbons (Fsp3) is 0.765. The molecule has 4 rings (SSSR count). The van der Waals surface area contributed by atoms with Crippen molar-refractivity contribution < 1.29 is 9.53 Å². The predicted molar refractivity (Wildman–Crippen MR) is 91.0 cm³/mol. The van der Waals surface area contributed by atoms with Crippen molar-refractivity contribution in [3.63, 3.8) is 0 Å². The maximum Gasteiger partial charge on any atom is 0.321 e. The van der Waals surface area contributed by atoms with Crippen LogP contribution in [0.15, 0.2) is 12.4 Å². The van der Waals surface area contributed by atoms with Crippen molar-refractivity contribution in [3.05, 3.63) is 12.4 Å². The van der Waals surface area contributed by atoms with E-state index >= 15 is 0 Å². The molecule has 0 radical (unpaired) electrons. The Balaban J connectivity index is 1.27. The first-order valence-electron chi connectivity index (χ1n) is 9.22. The lowest BCUT2D eigenvalue weighted by Gasteiger charge is -2.23. The highest BCUT2D eigenvalue weighted by Crippen LogP contribution is 2.21. The Morgan fingerprint density at radius 1 is 1.25 bits per heavy atom. The Hall–Kier alpha value is -1.60. The maximum absolute atomic E-state index is 12.5. The molecular weight excluding hydrogens is 306 g/mol. The van der Waals surface area contributed by atoms with E-state index in [2.05, 4.69) is 15.3 Å². The lowest BCUT2D eigenvalue weighted by molar-refractivity contribution is 0.0940. The fourth-order valence-electron chi connectivity index (χ4n) is 4.06. The number of amides is 2. The molecule has 7 heteroatoms. The molecule has 0 spiro atoms. The highest BCUT2D eigenvalue weighted by Gasteiger charge is 2.31. The summed E-state index contributed by atoms with van der Waals surface area (Å²) in [5, 5.41) is 7.32. The molecule has 0 bridgehead atoms. The van der Waals surface area contributed by atoms with E-state index in [-0.39, 0.29) is 12.1 Å². The number of hydrogen-bond acceptors (Lipinski definition) is 4. The molecule has 0 aliphatic carbocycles. The average Bonchev–Trinajstić information content (AvgIpc) is 3.36. The van der Waals surface area contributed by atoms with Crippen LogP contribution in [0.1, 0.15) is 32.1 Å². The first-order chi connectivity index (χ1) is 11.8. The van der Waals surface area contributed by atoms with Gasteiger partial charge in [-0.15, -0.1) is 0 Å². The molecule has 3 fully saturated rings. The molecule has 132 valence electrons. The lowest BCUT2D eigenvalue weighted by atomic mass is 10.2. The number of likely N-dealkylation sites (tertiary alicyclic amines) is 2. The minimum absolute atomic E-state index is 0.00615. The third-order valence-corrected chi connectivity index (χ3v) is 5.41. The number of carbonyl (C=O) groups is 1. The van der Waals surface area contributed by atoms with Crippen molar-refractivity contribution in [2.75, 3.05) is 38.1 Å². The van der Waals surface area contributed by atoms with Gasteiger partial charge in [0.2, 0.25) is 0 Å². The Labute approximate surface area is 142 Å². The molecular formula is C17H27N5O2. The number of hydrogen-bond donors (Lipinski definition) is 1. The number of ether oxygens (including phenoxy) is 1. The lowest BCUT2D eigenvalue weighted by Crippen LogP contribution is -2.38. The van der Waals surface area contributed by atoms with Gasteiger partial charge in [0.15, 0.2) is 0 Å². The van der Waals surface area contributed by atoms with Gasteiger partial charge in [0.25, 0.3) is 0 Å². The number of carbonyl (C=O) groups excluding carboxylic acids is 1. The molecule has 4 heterocycles. The van der Waals surface area contributed by atoms with Gasteiger partial charge in [-0.25, -0.2) is 4.79 Å². The molecule has 3 saturated heterocycles. The number of aromatic nitrogens is 2. The van der Waals surface area contributed by atoms with E-state index in [1.54, 1.807) is 6.20 Å². The zero-order valence-electron chi connectivity index (χ0n) is 14.2. The standard InChI is InChI=1S/C17H27N5O2/c23-17(21-8-5-15(12-21)20-6-1-2-7-20)19-14-10-18-22(11-14)13-16-4-3-9-24-16/h10-11,15-16H,1-9,12-13H2,(H,19,23)/t15-,16-/m0/s1. The fourth-order valence-corrected chi connectivity index (χ4v) is 4.06. The van der Waals surface area contributed by atoms with Gasteiger partial charge in [0.1, 0.15) is 0 Å². The minimum Gasteiger partial charge on any atom is -0.376 e. The largest absolute Gasteiger partial charge is 0.376 e. The van der Waals surface area contributed by atoms with Crippen molar-refractivity contribution in [1.82, 2.24) is 19.6 Å². The zero-order valence-corrected chi connectivity index (χ0v) is 14.2. The van der Waals surface area contributed by atoms with Gasteiger partial charge in [0, 0.05) is 31.9 Å². The summed E-state index contributed by atoms with van der Waals surface area (Å²) in [6.45, 7) is 5.68. The molecule has 0 unspecified atom stereocenters. The minimum atomic E-state index is -0.00615. The monoisotopic (exact) mass is 333 g/mol. The van der Waals surface area contributed by atoms with Gasteiger partial charge in [-0.2, -0.15) is 5.10 Å². The molecule has 2 amide bonds. The van der Waals surface area contributed by atoms with Crippen molar-refractivity contribution in [2.45, 2.75) is 50.8 Å². The quantitative estimate of drug-likeness (QED) is 0.912. The summed E-state index contributed by atoms with van der Waals surface area (Å²) >= 11 is 0. The van der Waals surface area contributed by atoms with E-state index in [1.807, 2.05) is 15.8 Å². The second-order valence-electron chi connectivity index (χ2n) is 7.15. The van der Waals surface area contributed by atoms with Gasteiger partial charge in [-0.3, -0.25) is 9.58 Å². The number of nitrogens with one attached hydrogen (secondary N) is 1. The number of nitrogens with zero attached hydrogens (tertiary/aromatic N) is 4. The zero-order chi connectivity index (χ0) is 16.4. The molecule has 1 aromatic rings. The van der Waals surface area contributed by atoms with E-state index < -0.39 is 0 Å². The number of urea groups is 1. The van der Waals surface area contributed by atoms with Crippen LogP contribution in [-0.2, 0) is 11.3 Å². The normalized spacial score (nSPS) is 27.9. The molecule has 3 aliphatic heterocycles. The summed E-state index contributed by atoms with van der Waals surface area (Å²) in [4.78, 5) is 16.9. The van der Waals surface area contributed by atoms with Crippen LogP contribution < -0.4 is 5.32 Å². The van der Waals surface area contributed by atoms with Crippen molar-refractivity contribution in [3.8, 4) is 0 Å². The summed E-state index contributed by atoms with van der Waals surface area (Å²) in [5.74, 6) is 0. The smallest absolute Gasteiger partial charge is 0.321 e. The van der Waals surface area contributed by atoms with E-state index in [0.717, 1.165) is 51.2 Å². The summed E-state index contributed by atoms with van der Waals surface area (Å²) in [6.07, 6.45) is 9.78. The van der Waals surface area contributed by atoms with E-state index in [4.69, 9.17) is 4.74 Å². The summed E-state index contributed by atoms with van der Waals surface area (Å²) in [7, 11) is 0. The van der Waals surface area contributed by atoms with Crippen LogP contribution in [0.25, 0.3) is 0 Å². The van der Waals surface area contributed by atoms with Gasteiger partial charge in [-0.05, 0) is 45.2 Å². The average molecular weight is 333 g/mol. The van der Waals surface area contributed by atoms with Crippen LogP contribution in [0.3, 0.4) is 0 Å². The van der Waals surface area contributed by atoms with Crippen molar-refractivity contribution in [1.29, 1.82) is 0 Å². The Morgan fingerprint density at radius 2 is 2.12 bits per heavy atom. The van der Waals surface area contributed by atoms with Gasteiger partial charge >= 0.3 is 6.03 Å². The Bertz CT molecular complexity index is 563. The molecule has 7 nitrogen and oxygen atoms in total. The highest BCUT2D eigenvalue weighted by atomic mass is 16.5. The van der Waals surface area contributed by atoms with Gasteiger partial charge in [-0.1, -0.05) is 0 Å². The van der Waals surface area contributed by atoms with E-state index in [0.29, 0.717) is 6.04 Å². The maximum atomic E-state index is 12.5. The third kappa shape index (κ3) is 3.57. The molecule has 0 aromatic carbocycles. The van der Waals surface area contributed by atoms with Crippen LogP contribution in [0.5, 0.6) is 0 Å². The SMILES string of the molecule is O=C(Nc1cnn(C[C@@H]2CCCO2)c1)N1CC[C@H](N2CCCC2)C1. The van der Waals surface area contributed by atoms with Crippen LogP contribution in [-0.4, -0.2) is 70.5 Å². The number of rotatable bonds is 4. The van der Waals surface area contributed by atoms with Gasteiger partial charge < -0.3 is 15.0 Å². The van der Waals surface area contributed by atoms with E-state index in [9.17, 15) is 4.79 Å². The molecule has 2 atom stereocenters. The van der Waals surface area contributed by atoms with E-state index in [1.165, 1.54) is 25.9 Å². The molecule has 3 aliphatic rings. The Morgan fingerprint density at radius 3 is 2.92 bits per heavy atom. The molecule has 0 saturated carbocycles. The second kappa shape index (κ2) is 7.11. The highest BCUT2D eigenvalue weighted by molar-refractivity contribution is 5.89. The third-order valence-electron chi connectivity index (χ3n) is 5.41. The first-order valence-corrected chi connectivity index (χ1v) is 9.22. The topological polar surface area (TPSA) is 62.6 Å². The molecule has 1 N–H and O–H groups in total. The summed E-state index contributed by atoms with van der Waals surface area (Å²) in [6, 6.07) is 0.536. The predicted octanol–water partition coefficient (Wildman–Crippen LogP) is 1.76. The molecule has 1 aromatic heterocycles. The second-order valence-corrected chi connectivity index (χ2v) is 7.15. The van der Waals surface area contributed by atoms with Crippen LogP contribution in [0.4, 0.5) is 10.5 Å². The molecule has 24 heavy (non-hydrogen) atoms. The van der Waals surface area contributed by atoms with Crippen molar-refractivity contribution in [2.24, 2.45) is 0 Å². The van der Waals surface area contributed by atoms with Gasteiger partial charge in [0.05, 0.1) is 24.5 Å². The summed E-state index contributed by atoms with van der Waals surface area (Å²) < 4.78 is 7.49. The van der Waals surface area contributed by atoms with Crippen LogP contribution in [0, 0.1) is 0 Å². The number of anilines is 1.